The van der Waals surface area contributed by atoms with Crippen molar-refractivity contribution in [2.45, 2.75) is 50.5 Å². The van der Waals surface area contributed by atoms with E-state index in [9.17, 15) is 27.2 Å². The molecular weight excluding hydrogens is 609 g/mol. The van der Waals surface area contributed by atoms with Gasteiger partial charge in [0.2, 0.25) is 0 Å². The zero-order chi connectivity index (χ0) is 32.3. The molecule has 234 valence electrons. The number of carbonyl (C=O) groups excluding carboxylic acids is 2. The first kappa shape index (κ1) is 32.6. The van der Waals surface area contributed by atoms with Crippen LogP contribution in [0.3, 0.4) is 0 Å². The lowest BCUT2D eigenvalue weighted by Crippen LogP contribution is -2.35. The van der Waals surface area contributed by atoms with Gasteiger partial charge in [-0.15, -0.1) is 0 Å². The van der Waals surface area contributed by atoms with Crippen LogP contribution < -0.4 is 21.5 Å². The number of benzene rings is 2. The Hall–Kier alpha value is -4.26. The number of nitrogens with two attached hydrogens (primary N) is 2. The minimum absolute atomic E-state index is 0.167. The highest BCUT2D eigenvalue weighted by Crippen LogP contribution is 2.38. The number of hydrogen-bond acceptors (Lipinski definition) is 6. The average Bonchev–Trinajstić information content (AvgIpc) is 3.82. The van der Waals surface area contributed by atoms with Gasteiger partial charge in [-0.05, 0) is 49.6 Å². The predicted octanol–water partition coefficient (Wildman–Crippen LogP) is 5.88. The number of anilines is 1. The summed E-state index contributed by atoms with van der Waals surface area (Å²) in [5, 5.41) is 1.70. The standard InChI is InChI=1S/C30H29ClF5N5O3/c1-3-4-14(12-40-28(42)15-9-16(13-39-17-5-6-17)26(37)22(10-15)44-2)21-11-19(30(35,36)29(38)43)25(34)27(41-21)18-7-8-20(32)23(31)24(18)33/h7-11,13-14,17H,3-6,12,37H2,1-2H3,(H2,38,43)(H,40,42). The van der Waals surface area contributed by atoms with E-state index in [0.29, 0.717) is 24.1 Å². The van der Waals surface area contributed by atoms with Crippen LogP contribution in [-0.4, -0.2) is 42.7 Å². The number of pyridine rings is 1. The molecule has 3 aromatic rings. The van der Waals surface area contributed by atoms with Crippen LogP contribution in [0.25, 0.3) is 11.3 Å². The second kappa shape index (κ2) is 13.2. The topological polar surface area (TPSA) is 133 Å². The number of primary amides is 1. The molecule has 0 aliphatic heterocycles. The first-order valence-electron chi connectivity index (χ1n) is 13.6. The first-order chi connectivity index (χ1) is 20.8. The monoisotopic (exact) mass is 637 g/mol. The lowest BCUT2D eigenvalue weighted by molar-refractivity contribution is -0.143. The third-order valence-corrected chi connectivity index (χ3v) is 7.45. The van der Waals surface area contributed by atoms with E-state index >= 15 is 4.39 Å². The number of carbonyl (C=O) groups is 2. The molecule has 1 saturated carbocycles. The van der Waals surface area contributed by atoms with E-state index < -0.39 is 62.9 Å². The number of nitrogens with one attached hydrogen (secondary N) is 1. The van der Waals surface area contributed by atoms with Crippen molar-refractivity contribution in [2.75, 3.05) is 19.4 Å². The summed E-state index contributed by atoms with van der Waals surface area (Å²) in [6.45, 7) is 1.59. The van der Waals surface area contributed by atoms with E-state index in [2.05, 4.69) is 15.3 Å². The number of amides is 2. The van der Waals surface area contributed by atoms with Gasteiger partial charge in [0.25, 0.3) is 11.8 Å². The van der Waals surface area contributed by atoms with Crippen LogP contribution in [0, 0.1) is 17.5 Å². The molecule has 0 radical (unpaired) electrons. The van der Waals surface area contributed by atoms with Gasteiger partial charge < -0.3 is 21.5 Å². The molecular formula is C30H29ClF5N5O3. The van der Waals surface area contributed by atoms with Gasteiger partial charge in [-0.3, -0.25) is 14.6 Å². The van der Waals surface area contributed by atoms with Gasteiger partial charge in [-0.25, -0.2) is 18.2 Å². The van der Waals surface area contributed by atoms with E-state index in [1.807, 2.05) is 0 Å². The SMILES string of the molecule is CCCC(CNC(=O)c1cc(C=NC2CC2)c(N)c(OC)c1)c1cc(C(F)(F)C(N)=O)c(F)c(-c2ccc(F)c(Cl)c2F)n1. The smallest absolute Gasteiger partial charge is 0.352 e. The van der Waals surface area contributed by atoms with Crippen molar-refractivity contribution < 1.29 is 36.3 Å². The Balaban J connectivity index is 1.73. The van der Waals surface area contributed by atoms with Crippen molar-refractivity contribution >= 4 is 35.3 Å². The molecule has 2 aromatic carbocycles. The maximum absolute atomic E-state index is 15.5. The number of methoxy groups -OCH3 is 1. The quantitative estimate of drug-likeness (QED) is 0.0987. The lowest BCUT2D eigenvalue weighted by atomic mass is 9.94. The number of halogens is 6. The van der Waals surface area contributed by atoms with Crippen LogP contribution in [0.1, 0.15) is 65.7 Å². The number of hydrogen-bond donors (Lipinski definition) is 3. The van der Waals surface area contributed by atoms with Gasteiger partial charge in [0.05, 0.1) is 24.4 Å². The Kier molecular flexibility index (Phi) is 9.77. The van der Waals surface area contributed by atoms with Gasteiger partial charge in [-0.2, -0.15) is 8.78 Å². The largest absolute Gasteiger partial charge is 0.495 e. The van der Waals surface area contributed by atoms with Crippen molar-refractivity contribution in [1.29, 1.82) is 0 Å². The van der Waals surface area contributed by atoms with Gasteiger partial charge in [0.1, 0.15) is 22.3 Å². The van der Waals surface area contributed by atoms with Gasteiger partial charge in [-0.1, -0.05) is 24.9 Å². The third kappa shape index (κ3) is 6.77. The van der Waals surface area contributed by atoms with E-state index in [1.165, 1.54) is 19.2 Å². The van der Waals surface area contributed by atoms with Crippen molar-refractivity contribution in [1.82, 2.24) is 10.3 Å². The Morgan fingerprint density at radius 1 is 1.20 bits per heavy atom. The molecule has 1 aliphatic carbocycles. The molecule has 1 unspecified atom stereocenters. The number of nitrogens with zero attached hydrogens (tertiary/aromatic N) is 2. The van der Waals surface area contributed by atoms with Crippen molar-refractivity contribution in [3.8, 4) is 17.0 Å². The fourth-order valence-electron chi connectivity index (χ4n) is 4.49. The summed E-state index contributed by atoms with van der Waals surface area (Å²) in [6, 6.07) is 5.30. The second-order valence-corrected chi connectivity index (χ2v) is 10.7. The minimum Gasteiger partial charge on any atom is -0.495 e. The molecule has 8 nitrogen and oxygen atoms in total. The van der Waals surface area contributed by atoms with Crippen molar-refractivity contribution in [3.63, 3.8) is 0 Å². The molecule has 14 heteroatoms. The molecule has 1 aliphatic rings. The summed E-state index contributed by atoms with van der Waals surface area (Å²) in [5.41, 5.74) is 8.61. The van der Waals surface area contributed by atoms with E-state index in [-0.39, 0.29) is 41.7 Å². The molecule has 1 fully saturated rings. The fourth-order valence-corrected chi connectivity index (χ4v) is 4.66. The van der Waals surface area contributed by atoms with E-state index in [4.69, 9.17) is 27.8 Å². The number of aliphatic imine (C=N–C) groups is 1. The summed E-state index contributed by atoms with van der Waals surface area (Å²) < 4.78 is 79.3. The highest BCUT2D eigenvalue weighted by Gasteiger charge is 2.43. The number of rotatable bonds is 12. The summed E-state index contributed by atoms with van der Waals surface area (Å²) in [4.78, 5) is 33.3. The van der Waals surface area contributed by atoms with Crippen LogP contribution in [0.2, 0.25) is 5.02 Å². The van der Waals surface area contributed by atoms with E-state index in [1.54, 1.807) is 13.1 Å². The van der Waals surface area contributed by atoms with Gasteiger partial charge in [0, 0.05) is 41.1 Å². The molecule has 1 atom stereocenters. The molecule has 44 heavy (non-hydrogen) atoms. The first-order valence-corrected chi connectivity index (χ1v) is 14.0. The Bertz CT molecular complexity index is 1630. The predicted molar refractivity (Wildman–Crippen MR) is 156 cm³/mol. The fraction of sp³-hybridized carbons (Fsp3) is 0.333. The van der Waals surface area contributed by atoms with Crippen LogP contribution in [-0.2, 0) is 10.7 Å². The number of ether oxygens (including phenoxy) is 1. The second-order valence-electron chi connectivity index (χ2n) is 10.3. The summed E-state index contributed by atoms with van der Waals surface area (Å²) in [7, 11) is 1.39. The molecule has 0 spiro atoms. The third-order valence-electron chi connectivity index (χ3n) is 7.11. The molecule has 1 aromatic heterocycles. The average molecular weight is 638 g/mol. The van der Waals surface area contributed by atoms with Crippen molar-refractivity contribution in [2.24, 2.45) is 10.7 Å². The Labute approximate surface area is 254 Å². The highest BCUT2D eigenvalue weighted by atomic mass is 35.5. The number of alkyl halides is 2. The lowest BCUT2D eigenvalue weighted by Gasteiger charge is -2.22. The van der Waals surface area contributed by atoms with Crippen LogP contribution in [0.4, 0.5) is 27.6 Å². The molecule has 4 rings (SSSR count). The highest BCUT2D eigenvalue weighted by molar-refractivity contribution is 6.31. The maximum atomic E-state index is 15.5. The maximum Gasteiger partial charge on any atom is 0.352 e. The van der Waals surface area contributed by atoms with Crippen LogP contribution >= 0.6 is 11.6 Å². The number of aromatic nitrogens is 1. The molecule has 0 bridgehead atoms. The minimum atomic E-state index is -4.52. The Morgan fingerprint density at radius 3 is 2.52 bits per heavy atom. The van der Waals surface area contributed by atoms with Crippen molar-refractivity contribution in [3.05, 3.63) is 75.2 Å². The van der Waals surface area contributed by atoms with Gasteiger partial charge in [0.15, 0.2) is 11.6 Å². The molecule has 0 saturated heterocycles. The Morgan fingerprint density at radius 2 is 1.91 bits per heavy atom. The molecule has 2 amide bonds. The molecule has 1 heterocycles. The molecule has 5 N–H and O–H groups in total. The van der Waals surface area contributed by atoms with E-state index in [0.717, 1.165) is 18.9 Å². The summed E-state index contributed by atoms with van der Waals surface area (Å²) in [6.07, 6.45) is 4.19. The van der Waals surface area contributed by atoms with Crippen LogP contribution in [0.5, 0.6) is 5.75 Å². The zero-order valence-electron chi connectivity index (χ0n) is 23.7. The summed E-state index contributed by atoms with van der Waals surface area (Å²) in [5.74, 6) is -12.2. The zero-order valence-corrected chi connectivity index (χ0v) is 24.5. The summed E-state index contributed by atoms with van der Waals surface area (Å²) >= 11 is 5.65. The van der Waals surface area contributed by atoms with Crippen LogP contribution in [0.15, 0.2) is 35.3 Å². The normalized spacial score (nSPS) is 14.1. The number of nitrogen functional groups attached to an aromatic ring is 1. The van der Waals surface area contributed by atoms with Gasteiger partial charge >= 0.3 is 5.92 Å².